The van der Waals surface area contributed by atoms with E-state index in [1.165, 1.54) is 36.1 Å². The van der Waals surface area contributed by atoms with Crippen LogP contribution in [0, 0.1) is 12.8 Å². The van der Waals surface area contributed by atoms with Crippen molar-refractivity contribution >= 4 is 11.3 Å². The fourth-order valence-electron chi connectivity index (χ4n) is 2.43. The molecule has 1 aromatic rings. The predicted octanol–water partition coefficient (Wildman–Crippen LogP) is 4.04. The van der Waals surface area contributed by atoms with Crippen LogP contribution in [0.25, 0.3) is 0 Å². The molecule has 2 unspecified atom stereocenters. The van der Waals surface area contributed by atoms with Gasteiger partial charge in [-0.1, -0.05) is 26.2 Å². The Morgan fingerprint density at radius 3 is 2.78 bits per heavy atom. The summed E-state index contributed by atoms with van der Waals surface area (Å²) in [7, 11) is 0. The first-order valence-corrected chi connectivity index (χ1v) is 8.01. The number of rotatable bonds is 7. The van der Waals surface area contributed by atoms with Gasteiger partial charge in [-0.05, 0) is 42.7 Å². The lowest BCUT2D eigenvalue weighted by atomic mass is 9.83. The summed E-state index contributed by atoms with van der Waals surface area (Å²) in [5.41, 5.74) is 7.54. The maximum atomic E-state index is 6.22. The van der Waals surface area contributed by atoms with Gasteiger partial charge < -0.3 is 10.5 Å². The fourth-order valence-corrected chi connectivity index (χ4v) is 3.48. The van der Waals surface area contributed by atoms with E-state index in [0.29, 0.717) is 0 Å². The van der Waals surface area contributed by atoms with E-state index in [1.807, 2.05) is 0 Å². The third-order valence-electron chi connectivity index (χ3n) is 4.07. The molecule has 0 bridgehead atoms. The highest BCUT2D eigenvalue weighted by Gasteiger charge is 2.23. The van der Waals surface area contributed by atoms with E-state index in [2.05, 4.69) is 25.3 Å². The predicted molar refractivity (Wildman–Crippen MR) is 78.0 cm³/mol. The molecule has 102 valence electrons. The molecule has 0 radical (unpaired) electrons. The molecule has 1 saturated carbocycles. The molecular formula is C15H25NOS. The molecule has 0 aromatic carbocycles. The fraction of sp³-hybridized carbons (Fsp3) is 0.733. The van der Waals surface area contributed by atoms with Crippen molar-refractivity contribution in [1.82, 2.24) is 0 Å². The van der Waals surface area contributed by atoms with Crippen LogP contribution in [0.3, 0.4) is 0 Å². The van der Waals surface area contributed by atoms with E-state index in [9.17, 15) is 0 Å². The van der Waals surface area contributed by atoms with E-state index in [1.54, 1.807) is 11.3 Å². The first-order chi connectivity index (χ1) is 8.72. The first kappa shape index (κ1) is 14.0. The molecule has 0 amide bonds. The van der Waals surface area contributed by atoms with Gasteiger partial charge in [-0.2, -0.15) is 0 Å². The topological polar surface area (TPSA) is 35.2 Å². The molecule has 1 aliphatic rings. The summed E-state index contributed by atoms with van der Waals surface area (Å²) >= 11 is 1.77. The number of aryl methyl sites for hydroxylation is 1. The molecule has 1 heterocycles. The minimum Gasteiger partial charge on any atom is -0.371 e. The van der Waals surface area contributed by atoms with Gasteiger partial charge in [0.1, 0.15) is 6.10 Å². The van der Waals surface area contributed by atoms with Crippen LogP contribution in [-0.2, 0) is 4.74 Å². The molecule has 2 atom stereocenters. The average molecular weight is 267 g/mol. The van der Waals surface area contributed by atoms with Crippen LogP contribution in [0.5, 0.6) is 0 Å². The molecule has 2 N–H and O–H groups in total. The third-order valence-corrected chi connectivity index (χ3v) is 5.15. The van der Waals surface area contributed by atoms with Crippen LogP contribution in [0.15, 0.2) is 11.4 Å². The Kier molecular flexibility index (Phi) is 5.22. The second kappa shape index (κ2) is 6.69. The highest BCUT2D eigenvalue weighted by Crippen LogP contribution is 2.32. The average Bonchev–Trinajstić information content (AvgIpc) is 2.72. The molecule has 0 spiro atoms. The Labute approximate surface area is 115 Å². The molecule has 2 nitrogen and oxygen atoms in total. The largest absolute Gasteiger partial charge is 0.371 e. The maximum absolute atomic E-state index is 6.22. The van der Waals surface area contributed by atoms with Gasteiger partial charge in [-0.25, -0.2) is 0 Å². The van der Waals surface area contributed by atoms with Crippen LogP contribution in [-0.4, -0.2) is 12.6 Å². The molecule has 0 saturated heterocycles. The normalized spacial score (nSPS) is 19.5. The maximum Gasteiger partial charge on any atom is 0.107 e. The molecular weight excluding hydrogens is 242 g/mol. The van der Waals surface area contributed by atoms with Gasteiger partial charge in [0.15, 0.2) is 0 Å². The van der Waals surface area contributed by atoms with Gasteiger partial charge in [0.25, 0.3) is 0 Å². The summed E-state index contributed by atoms with van der Waals surface area (Å²) in [4.78, 5) is 1.32. The number of ether oxygens (including phenoxy) is 1. The summed E-state index contributed by atoms with van der Waals surface area (Å²) in [6, 6.07) is 2.27. The molecule has 1 aromatic heterocycles. The lowest BCUT2D eigenvalue weighted by molar-refractivity contribution is 0.0221. The van der Waals surface area contributed by atoms with Gasteiger partial charge in [-0.3, -0.25) is 0 Å². The third kappa shape index (κ3) is 3.34. The van der Waals surface area contributed by atoms with Gasteiger partial charge in [-0.15, -0.1) is 11.3 Å². The monoisotopic (exact) mass is 267 g/mol. The Morgan fingerprint density at radius 1 is 1.50 bits per heavy atom. The minimum absolute atomic E-state index is 0.0927. The second-order valence-electron chi connectivity index (χ2n) is 5.42. The summed E-state index contributed by atoms with van der Waals surface area (Å²) in [6.45, 7) is 5.15. The number of nitrogens with two attached hydrogens (primary N) is 1. The molecule has 3 heteroatoms. The summed E-state index contributed by atoms with van der Waals surface area (Å²) in [6.07, 6.45) is 6.46. The van der Waals surface area contributed by atoms with Crippen molar-refractivity contribution in [2.75, 3.05) is 6.61 Å². The van der Waals surface area contributed by atoms with Gasteiger partial charge in [0.05, 0.1) is 0 Å². The van der Waals surface area contributed by atoms with Crippen LogP contribution in [0.4, 0.5) is 0 Å². The van der Waals surface area contributed by atoms with E-state index in [4.69, 9.17) is 10.5 Å². The number of thiophene rings is 1. The molecule has 18 heavy (non-hydrogen) atoms. The highest BCUT2D eigenvalue weighted by atomic mass is 32.1. The van der Waals surface area contributed by atoms with Crippen molar-refractivity contribution in [1.29, 1.82) is 0 Å². The van der Waals surface area contributed by atoms with Crippen LogP contribution < -0.4 is 5.73 Å². The smallest absolute Gasteiger partial charge is 0.107 e. The van der Waals surface area contributed by atoms with E-state index in [0.717, 1.165) is 18.9 Å². The number of hydrogen-bond donors (Lipinski definition) is 1. The van der Waals surface area contributed by atoms with Crippen LogP contribution in [0.1, 0.15) is 55.6 Å². The standard InChI is InChI=1S/C15H25NOS/c1-3-13(16)14(15-11(2)8-10-18-15)17-9-7-12-5-4-6-12/h8,10,12-14H,3-7,9,16H2,1-2H3. The van der Waals surface area contributed by atoms with Crippen molar-refractivity contribution < 1.29 is 4.74 Å². The summed E-state index contributed by atoms with van der Waals surface area (Å²) in [5, 5.41) is 2.13. The minimum atomic E-state index is 0.0927. The van der Waals surface area contributed by atoms with Crippen LogP contribution >= 0.6 is 11.3 Å². The van der Waals surface area contributed by atoms with Crippen molar-refractivity contribution in [3.05, 3.63) is 21.9 Å². The summed E-state index contributed by atoms with van der Waals surface area (Å²) in [5.74, 6) is 0.910. The molecule has 1 fully saturated rings. The summed E-state index contributed by atoms with van der Waals surface area (Å²) < 4.78 is 6.11. The van der Waals surface area contributed by atoms with Crippen molar-refractivity contribution in [2.45, 2.75) is 58.1 Å². The van der Waals surface area contributed by atoms with E-state index in [-0.39, 0.29) is 12.1 Å². The van der Waals surface area contributed by atoms with E-state index >= 15 is 0 Å². The zero-order valence-corrected chi connectivity index (χ0v) is 12.3. The van der Waals surface area contributed by atoms with Crippen LogP contribution in [0.2, 0.25) is 0 Å². The first-order valence-electron chi connectivity index (χ1n) is 7.13. The Bertz CT molecular complexity index is 359. The Hall–Kier alpha value is -0.380. The zero-order chi connectivity index (χ0) is 13.0. The highest BCUT2D eigenvalue weighted by molar-refractivity contribution is 7.10. The molecule has 2 rings (SSSR count). The molecule has 1 aliphatic carbocycles. The quantitative estimate of drug-likeness (QED) is 0.809. The van der Waals surface area contributed by atoms with Crippen molar-refractivity contribution in [2.24, 2.45) is 11.7 Å². The Balaban J connectivity index is 1.90. The van der Waals surface area contributed by atoms with Crippen molar-refractivity contribution in [3.8, 4) is 0 Å². The second-order valence-corrected chi connectivity index (χ2v) is 6.36. The SMILES string of the molecule is CCC(N)C(OCCC1CCC1)c1sccc1C. The van der Waals surface area contributed by atoms with Gasteiger partial charge in [0, 0.05) is 17.5 Å². The lowest BCUT2D eigenvalue weighted by Gasteiger charge is -2.28. The van der Waals surface area contributed by atoms with Gasteiger partial charge in [0.2, 0.25) is 0 Å². The Morgan fingerprint density at radius 2 is 2.28 bits per heavy atom. The lowest BCUT2D eigenvalue weighted by Crippen LogP contribution is -2.30. The van der Waals surface area contributed by atoms with Gasteiger partial charge >= 0.3 is 0 Å². The van der Waals surface area contributed by atoms with E-state index < -0.39 is 0 Å². The van der Waals surface area contributed by atoms with Crippen molar-refractivity contribution in [3.63, 3.8) is 0 Å². The number of hydrogen-bond acceptors (Lipinski definition) is 3. The zero-order valence-electron chi connectivity index (χ0n) is 11.5. The molecule has 0 aliphatic heterocycles.